The zero-order valence-electron chi connectivity index (χ0n) is 41.5. The topological polar surface area (TPSA) is 40.6 Å². The highest BCUT2D eigenvalue weighted by Crippen LogP contribution is 2.51. The molecule has 7 rings (SSSR count). The number of rotatable bonds is 33. The molecule has 0 bridgehead atoms. The van der Waals surface area contributed by atoms with E-state index in [1.165, 1.54) is 158 Å². The standard InChI is InChI=1S/C58H77BrN2O2S5/c1-5-9-13-17-19-23-28-42(26-21-15-11-7-3)40-60-55(50-36-35-49(67-50)48-34-33-47(66-48)46-32-31-45(65-46)44-30-25-39-64-44)53-54(58(60)63)56(51-37-38-52(59)68-51)61(57(53)62)41-43(27-22-16-12-8-4)29-24-20-18-14-10-6-2/h25,30-39,42-43H,5-24,26-29,40-41H2,1-4H3. The maximum absolute atomic E-state index is 15.6. The van der Waals surface area contributed by atoms with Gasteiger partial charge in [-0.2, -0.15) is 0 Å². The lowest BCUT2D eigenvalue weighted by molar-refractivity contribution is -0.124. The number of nitrogens with zero attached hydrogens (tertiary/aromatic N) is 2. The van der Waals surface area contributed by atoms with Crippen LogP contribution < -0.4 is 0 Å². The summed E-state index contributed by atoms with van der Waals surface area (Å²) >= 11 is 12.6. The fraction of sp³-hybridized carbons (Fsp3) is 0.552. The SMILES string of the molecule is CCCCCCCCC(CCCCCC)CN1C(=O)C2=C(c3ccc(-c4ccc(-c5ccc(-c6cccs6)s5)s4)s3)N(CC(CCCCCC)CCCCCCCC)C(=O)C2=C1c1ccc(Br)s1. The van der Waals surface area contributed by atoms with Gasteiger partial charge in [0.2, 0.25) is 0 Å². The van der Waals surface area contributed by atoms with Crippen molar-refractivity contribution in [1.29, 1.82) is 0 Å². The normalized spacial score (nSPS) is 15.0. The molecule has 0 spiro atoms. The summed E-state index contributed by atoms with van der Waals surface area (Å²) in [4.78, 5) is 45.0. The zero-order valence-corrected chi connectivity index (χ0v) is 47.2. The number of thiophene rings is 5. The number of hydrogen-bond donors (Lipinski definition) is 0. The van der Waals surface area contributed by atoms with E-state index in [4.69, 9.17) is 0 Å². The van der Waals surface area contributed by atoms with Crippen molar-refractivity contribution in [1.82, 2.24) is 9.80 Å². The van der Waals surface area contributed by atoms with Crippen molar-refractivity contribution in [2.45, 2.75) is 182 Å². The van der Waals surface area contributed by atoms with Gasteiger partial charge in [0.15, 0.2) is 0 Å². The predicted molar refractivity (Wildman–Crippen MR) is 304 cm³/mol. The van der Waals surface area contributed by atoms with Crippen molar-refractivity contribution in [3.8, 4) is 29.3 Å². The van der Waals surface area contributed by atoms with Gasteiger partial charge in [0.1, 0.15) is 0 Å². The van der Waals surface area contributed by atoms with Crippen LogP contribution in [-0.2, 0) is 9.59 Å². The van der Waals surface area contributed by atoms with Crippen LogP contribution >= 0.6 is 72.6 Å². The predicted octanol–water partition coefficient (Wildman–Crippen LogP) is 20.2. The first kappa shape index (κ1) is 53.2. The van der Waals surface area contributed by atoms with Crippen LogP contribution in [0.2, 0.25) is 0 Å². The number of hydrogen-bond acceptors (Lipinski definition) is 7. The molecule has 0 fully saturated rings. The van der Waals surface area contributed by atoms with Crippen LogP contribution in [0.3, 0.4) is 0 Å². The van der Waals surface area contributed by atoms with Gasteiger partial charge in [-0.05, 0) is 113 Å². The third-order valence-electron chi connectivity index (χ3n) is 14.0. The van der Waals surface area contributed by atoms with Gasteiger partial charge in [-0.3, -0.25) is 9.59 Å². The Bertz CT molecular complexity index is 2380. The second kappa shape index (κ2) is 27.9. The monoisotopic (exact) mass is 1070 g/mol. The third kappa shape index (κ3) is 14.1. The van der Waals surface area contributed by atoms with E-state index in [0.717, 1.165) is 50.6 Å². The summed E-state index contributed by atoms with van der Waals surface area (Å²) in [5, 5.41) is 2.14. The molecule has 5 aromatic rings. The Morgan fingerprint density at radius 3 is 1.13 bits per heavy atom. The molecule has 7 heterocycles. The number of carbonyl (C=O) groups is 2. The van der Waals surface area contributed by atoms with Crippen molar-refractivity contribution in [3.05, 3.63) is 90.7 Å². The lowest BCUT2D eigenvalue weighted by Crippen LogP contribution is -2.34. The number of fused-ring (bicyclic) bond motifs is 1. The fourth-order valence-electron chi connectivity index (χ4n) is 10.2. The van der Waals surface area contributed by atoms with Crippen LogP contribution in [0.5, 0.6) is 0 Å². The summed E-state index contributed by atoms with van der Waals surface area (Å²) in [5.41, 5.74) is 2.98. The van der Waals surface area contributed by atoms with E-state index in [9.17, 15) is 0 Å². The Hall–Kier alpha value is -2.60. The molecule has 368 valence electrons. The van der Waals surface area contributed by atoms with Gasteiger partial charge in [-0.1, -0.05) is 162 Å². The van der Waals surface area contributed by atoms with Crippen molar-refractivity contribution < 1.29 is 9.59 Å². The maximum Gasteiger partial charge on any atom is 0.261 e. The highest BCUT2D eigenvalue weighted by molar-refractivity contribution is 9.11. The van der Waals surface area contributed by atoms with E-state index >= 15 is 9.59 Å². The molecule has 2 amide bonds. The van der Waals surface area contributed by atoms with Crippen molar-refractivity contribution in [2.75, 3.05) is 13.1 Å². The largest absolute Gasteiger partial charge is 0.306 e. The van der Waals surface area contributed by atoms with E-state index in [1.54, 1.807) is 34.0 Å². The summed E-state index contributed by atoms with van der Waals surface area (Å²) in [6.45, 7) is 10.5. The molecule has 0 radical (unpaired) electrons. The zero-order chi connectivity index (χ0) is 47.7. The minimum atomic E-state index is 0.0231. The average molecular weight is 1070 g/mol. The second-order valence-electron chi connectivity index (χ2n) is 19.4. The quantitative estimate of drug-likeness (QED) is 0.0393. The lowest BCUT2D eigenvalue weighted by atomic mass is 9.93. The second-order valence-corrected chi connectivity index (χ2v) is 26.1. The van der Waals surface area contributed by atoms with Crippen molar-refractivity contribution in [2.24, 2.45) is 11.8 Å². The molecule has 2 atom stereocenters. The highest BCUT2D eigenvalue weighted by atomic mass is 79.9. The third-order valence-corrected chi connectivity index (χ3v) is 20.4. The summed E-state index contributed by atoms with van der Waals surface area (Å²) < 4.78 is 1.02. The molecule has 2 unspecified atom stereocenters. The smallest absolute Gasteiger partial charge is 0.261 e. The summed E-state index contributed by atoms with van der Waals surface area (Å²) in [6.07, 6.45) is 29.5. The lowest BCUT2D eigenvalue weighted by Gasteiger charge is -2.29. The highest BCUT2D eigenvalue weighted by Gasteiger charge is 2.50. The van der Waals surface area contributed by atoms with E-state index in [2.05, 4.69) is 119 Å². The number of carbonyl (C=O) groups excluding carboxylic acids is 2. The molecule has 2 aliphatic rings. The van der Waals surface area contributed by atoms with Gasteiger partial charge in [0, 0.05) is 42.4 Å². The van der Waals surface area contributed by atoms with E-state index < -0.39 is 0 Å². The van der Waals surface area contributed by atoms with Crippen molar-refractivity contribution >= 4 is 95.8 Å². The molecule has 0 N–H and O–H groups in total. The van der Waals surface area contributed by atoms with Crippen molar-refractivity contribution in [3.63, 3.8) is 0 Å². The maximum atomic E-state index is 15.6. The van der Waals surface area contributed by atoms with Gasteiger partial charge >= 0.3 is 0 Å². The minimum Gasteiger partial charge on any atom is -0.306 e. The Labute approximate surface area is 438 Å². The first-order chi connectivity index (χ1) is 33.3. The molecule has 10 heteroatoms. The van der Waals surface area contributed by atoms with Gasteiger partial charge in [0.05, 0.1) is 36.1 Å². The van der Waals surface area contributed by atoms with Crippen LogP contribution in [0, 0.1) is 11.8 Å². The minimum absolute atomic E-state index is 0.0231. The molecule has 0 aromatic carbocycles. The molecule has 4 nitrogen and oxygen atoms in total. The van der Waals surface area contributed by atoms with Gasteiger partial charge in [-0.25, -0.2) is 0 Å². The van der Waals surface area contributed by atoms with Gasteiger partial charge in [0.25, 0.3) is 11.8 Å². The number of unbranched alkanes of at least 4 members (excludes halogenated alkanes) is 16. The summed E-state index contributed by atoms with van der Waals surface area (Å²) in [7, 11) is 0. The number of halogens is 1. The first-order valence-corrected chi connectivity index (χ1v) is 31.5. The van der Waals surface area contributed by atoms with E-state index in [0.29, 0.717) is 36.1 Å². The average Bonchev–Trinajstić information content (AvgIpc) is 4.21. The van der Waals surface area contributed by atoms with E-state index in [1.807, 2.05) is 22.7 Å². The summed E-state index contributed by atoms with van der Waals surface area (Å²) in [5.74, 6) is 0.826. The Balaban J connectivity index is 1.25. The first-order valence-electron chi connectivity index (χ1n) is 26.6. The van der Waals surface area contributed by atoms with Crippen LogP contribution in [0.15, 0.2) is 81.0 Å². The van der Waals surface area contributed by atoms with Gasteiger partial charge < -0.3 is 9.80 Å². The van der Waals surface area contributed by atoms with E-state index in [-0.39, 0.29) is 11.8 Å². The Morgan fingerprint density at radius 1 is 0.412 bits per heavy atom. The molecule has 0 aliphatic carbocycles. The van der Waals surface area contributed by atoms with Crippen LogP contribution in [-0.4, -0.2) is 34.7 Å². The molecular formula is C58H77BrN2O2S5. The Morgan fingerprint density at radius 2 is 0.750 bits per heavy atom. The number of amides is 2. The summed E-state index contributed by atoms with van der Waals surface area (Å²) in [6, 6.07) is 22.0. The molecular weight excluding hydrogens is 997 g/mol. The molecule has 0 saturated heterocycles. The molecule has 0 saturated carbocycles. The van der Waals surface area contributed by atoms with Crippen LogP contribution in [0.1, 0.15) is 192 Å². The molecule has 2 aliphatic heterocycles. The molecule has 5 aromatic heterocycles. The van der Waals surface area contributed by atoms with Crippen LogP contribution in [0.4, 0.5) is 0 Å². The fourth-order valence-corrected chi connectivity index (χ4v) is 15.8. The van der Waals surface area contributed by atoms with Gasteiger partial charge in [-0.15, -0.1) is 56.7 Å². The Kier molecular flexibility index (Phi) is 21.8. The van der Waals surface area contributed by atoms with Crippen LogP contribution in [0.25, 0.3) is 40.7 Å². The molecule has 68 heavy (non-hydrogen) atoms.